The lowest BCUT2D eigenvalue weighted by Gasteiger charge is -2.29. The van der Waals surface area contributed by atoms with Gasteiger partial charge in [0.05, 0.1) is 18.1 Å². The number of benzene rings is 2. The third-order valence-corrected chi connectivity index (χ3v) is 7.96. The van der Waals surface area contributed by atoms with E-state index in [0.717, 1.165) is 0 Å². The molecule has 2 aromatic rings. The van der Waals surface area contributed by atoms with Crippen LogP contribution in [0.15, 0.2) is 53.4 Å². The molecule has 1 aliphatic rings. The Morgan fingerprint density at radius 1 is 1.11 bits per heavy atom. The highest BCUT2D eigenvalue weighted by atomic mass is 32.2. The second-order valence-electron chi connectivity index (χ2n) is 8.74. The maximum Gasteiger partial charge on any atom is 0.261 e. The van der Waals surface area contributed by atoms with Crippen LogP contribution in [0.25, 0.3) is 0 Å². The van der Waals surface area contributed by atoms with Crippen molar-refractivity contribution in [2.45, 2.75) is 30.8 Å². The molecule has 208 valence electrons. The van der Waals surface area contributed by atoms with Crippen molar-refractivity contribution < 1.29 is 36.6 Å². The van der Waals surface area contributed by atoms with Gasteiger partial charge < -0.3 is 24.4 Å². The molecular formula is C26H34FN3O7S. The molecule has 0 aliphatic carbocycles. The molecule has 0 spiro atoms. The Hall–Kier alpha value is -3.06. The molecule has 38 heavy (non-hydrogen) atoms. The van der Waals surface area contributed by atoms with Gasteiger partial charge in [-0.15, -0.1) is 0 Å². The average molecular weight is 552 g/mol. The second kappa shape index (κ2) is 14.2. The normalized spacial score (nSPS) is 15.0. The fourth-order valence-corrected chi connectivity index (χ4v) is 5.22. The Labute approximate surface area is 222 Å². The molecule has 1 heterocycles. The van der Waals surface area contributed by atoms with Gasteiger partial charge >= 0.3 is 0 Å². The summed E-state index contributed by atoms with van der Waals surface area (Å²) in [5.74, 6) is -0.899. The van der Waals surface area contributed by atoms with Crippen molar-refractivity contribution in [2.24, 2.45) is 0 Å². The summed E-state index contributed by atoms with van der Waals surface area (Å²) in [5, 5.41) is 2.79. The molecule has 1 unspecified atom stereocenters. The van der Waals surface area contributed by atoms with Crippen LogP contribution in [-0.4, -0.2) is 88.7 Å². The molecule has 0 aromatic heterocycles. The average Bonchev–Trinajstić information content (AvgIpc) is 2.94. The lowest BCUT2D eigenvalue weighted by Crippen LogP contribution is -2.49. The van der Waals surface area contributed by atoms with Crippen molar-refractivity contribution in [3.63, 3.8) is 0 Å². The van der Waals surface area contributed by atoms with Crippen LogP contribution in [0.3, 0.4) is 0 Å². The van der Waals surface area contributed by atoms with Gasteiger partial charge in [0.15, 0.2) is 6.61 Å². The number of hydrogen-bond donors (Lipinski definition) is 1. The lowest BCUT2D eigenvalue weighted by molar-refractivity contribution is -0.142. The van der Waals surface area contributed by atoms with Crippen molar-refractivity contribution in [1.29, 1.82) is 0 Å². The lowest BCUT2D eigenvalue weighted by atomic mass is 10.1. The van der Waals surface area contributed by atoms with E-state index in [1.54, 1.807) is 26.2 Å². The fraction of sp³-hybridized carbons (Fsp3) is 0.462. The highest BCUT2D eigenvalue weighted by molar-refractivity contribution is 7.89. The molecule has 3 rings (SSSR count). The number of hydrogen-bond acceptors (Lipinski definition) is 7. The Bertz CT molecular complexity index is 1150. The van der Waals surface area contributed by atoms with E-state index in [4.69, 9.17) is 14.2 Å². The molecule has 12 heteroatoms. The molecule has 0 radical (unpaired) electrons. The number of morpholine rings is 1. The first kappa shape index (κ1) is 29.5. The smallest absolute Gasteiger partial charge is 0.261 e. The van der Waals surface area contributed by atoms with E-state index < -0.39 is 27.8 Å². The van der Waals surface area contributed by atoms with E-state index in [0.29, 0.717) is 44.1 Å². The summed E-state index contributed by atoms with van der Waals surface area (Å²) in [4.78, 5) is 27.3. The number of methoxy groups -OCH3 is 1. The molecule has 2 aromatic carbocycles. The molecule has 1 atom stereocenters. The molecule has 10 nitrogen and oxygen atoms in total. The topological polar surface area (TPSA) is 114 Å². The van der Waals surface area contributed by atoms with Gasteiger partial charge in [0.2, 0.25) is 15.9 Å². The minimum Gasteiger partial charge on any atom is -0.484 e. The third kappa shape index (κ3) is 8.22. The summed E-state index contributed by atoms with van der Waals surface area (Å²) in [6, 6.07) is 10.7. The molecular weight excluding hydrogens is 517 g/mol. The number of rotatable bonds is 13. The zero-order chi connectivity index (χ0) is 27.5. The first-order valence-electron chi connectivity index (χ1n) is 12.3. The molecule has 2 amide bonds. The van der Waals surface area contributed by atoms with Gasteiger partial charge in [-0.25, -0.2) is 12.8 Å². The van der Waals surface area contributed by atoms with Crippen LogP contribution >= 0.6 is 0 Å². The first-order valence-corrected chi connectivity index (χ1v) is 13.8. The SMILES string of the molecule is COCCCNC(=O)C(C)N(Cc1ccc(F)cc1)C(=O)COc1ccc(S(=O)(=O)N2CCOCC2)cc1. The fourth-order valence-electron chi connectivity index (χ4n) is 3.82. The maximum atomic E-state index is 13.4. The zero-order valence-corrected chi connectivity index (χ0v) is 22.4. The van der Waals surface area contributed by atoms with E-state index in [2.05, 4.69) is 5.32 Å². The summed E-state index contributed by atoms with van der Waals surface area (Å²) in [5.41, 5.74) is 0.649. The monoisotopic (exact) mass is 551 g/mol. The van der Waals surface area contributed by atoms with E-state index in [1.165, 1.54) is 45.6 Å². The summed E-state index contributed by atoms with van der Waals surface area (Å²) in [6.45, 7) is 3.47. The molecule has 1 saturated heterocycles. The summed E-state index contributed by atoms with van der Waals surface area (Å²) < 4.78 is 56.2. The molecule has 1 aliphatic heterocycles. The van der Waals surface area contributed by atoms with Crippen LogP contribution in [0, 0.1) is 5.82 Å². The quantitative estimate of drug-likeness (QED) is 0.378. The summed E-state index contributed by atoms with van der Waals surface area (Å²) in [6.07, 6.45) is 0.626. The minimum absolute atomic E-state index is 0.0753. The Kier molecular flexibility index (Phi) is 11.0. The minimum atomic E-state index is -3.65. The highest BCUT2D eigenvalue weighted by Gasteiger charge is 2.28. The largest absolute Gasteiger partial charge is 0.484 e. The highest BCUT2D eigenvalue weighted by Crippen LogP contribution is 2.21. The van der Waals surface area contributed by atoms with E-state index in [1.807, 2.05) is 0 Å². The van der Waals surface area contributed by atoms with E-state index >= 15 is 0 Å². The van der Waals surface area contributed by atoms with Gasteiger partial charge in [-0.1, -0.05) is 12.1 Å². The van der Waals surface area contributed by atoms with Gasteiger partial charge in [-0.05, 0) is 55.3 Å². The van der Waals surface area contributed by atoms with Gasteiger partial charge in [0, 0.05) is 39.9 Å². The van der Waals surface area contributed by atoms with Crippen LogP contribution in [0.2, 0.25) is 0 Å². The molecule has 1 fully saturated rings. The molecule has 1 N–H and O–H groups in total. The first-order chi connectivity index (χ1) is 18.2. The number of halogens is 1. The van der Waals surface area contributed by atoms with Crippen molar-refractivity contribution in [3.8, 4) is 5.75 Å². The Morgan fingerprint density at radius 3 is 2.39 bits per heavy atom. The van der Waals surface area contributed by atoms with E-state index in [-0.39, 0.29) is 37.0 Å². The number of amides is 2. The third-order valence-electron chi connectivity index (χ3n) is 6.05. The van der Waals surface area contributed by atoms with Crippen LogP contribution in [0.5, 0.6) is 5.75 Å². The molecule has 0 saturated carbocycles. The van der Waals surface area contributed by atoms with Crippen LogP contribution in [0.4, 0.5) is 4.39 Å². The summed E-state index contributed by atoms with van der Waals surface area (Å²) >= 11 is 0. The van der Waals surface area contributed by atoms with Gasteiger partial charge in [0.1, 0.15) is 17.6 Å². The van der Waals surface area contributed by atoms with Crippen molar-refractivity contribution in [2.75, 3.05) is 53.2 Å². The van der Waals surface area contributed by atoms with Crippen molar-refractivity contribution >= 4 is 21.8 Å². The van der Waals surface area contributed by atoms with Crippen LogP contribution in [0.1, 0.15) is 18.9 Å². The van der Waals surface area contributed by atoms with Crippen molar-refractivity contribution in [1.82, 2.24) is 14.5 Å². The number of ether oxygens (including phenoxy) is 3. The van der Waals surface area contributed by atoms with Crippen LogP contribution < -0.4 is 10.1 Å². The number of sulfonamides is 1. The number of nitrogens with one attached hydrogen (secondary N) is 1. The number of carbonyl (C=O) groups excluding carboxylic acids is 2. The van der Waals surface area contributed by atoms with Gasteiger partial charge in [-0.2, -0.15) is 4.31 Å². The predicted molar refractivity (Wildman–Crippen MR) is 137 cm³/mol. The standard InChI is InChI=1S/C26H34FN3O7S/c1-20(26(32)28-12-3-15-35-2)30(18-21-4-6-22(27)7-5-21)25(31)19-37-23-8-10-24(11-9-23)38(33,34)29-13-16-36-17-14-29/h4-11,20H,3,12-19H2,1-2H3,(H,28,32). The molecule has 0 bridgehead atoms. The van der Waals surface area contributed by atoms with Gasteiger partial charge in [-0.3, -0.25) is 9.59 Å². The maximum absolute atomic E-state index is 13.4. The predicted octanol–water partition coefficient (Wildman–Crippen LogP) is 1.80. The number of nitrogens with zero attached hydrogens (tertiary/aromatic N) is 2. The Morgan fingerprint density at radius 2 is 1.76 bits per heavy atom. The second-order valence-corrected chi connectivity index (χ2v) is 10.7. The van der Waals surface area contributed by atoms with Crippen molar-refractivity contribution in [3.05, 3.63) is 59.9 Å². The van der Waals surface area contributed by atoms with E-state index in [9.17, 15) is 22.4 Å². The summed E-state index contributed by atoms with van der Waals surface area (Å²) in [7, 11) is -2.08. The van der Waals surface area contributed by atoms with Gasteiger partial charge in [0.25, 0.3) is 5.91 Å². The Balaban J connectivity index is 1.65. The zero-order valence-electron chi connectivity index (χ0n) is 21.6. The van der Waals surface area contributed by atoms with Crippen LogP contribution in [-0.2, 0) is 35.6 Å². The number of carbonyl (C=O) groups is 2.